The molecule has 3 heterocycles. The van der Waals surface area contributed by atoms with Gasteiger partial charge in [-0.2, -0.15) is 0 Å². The molecule has 2 aromatic carbocycles. The van der Waals surface area contributed by atoms with Gasteiger partial charge in [0.15, 0.2) is 0 Å². The van der Waals surface area contributed by atoms with E-state index >= 15 is 0 Å². The zero-order chi connectivity index (χ0) is 29.5. The maximum atomic E-state index is 13.7. The first-order valence-electron chi connectivity index (χ1n) is 12.7. The molecule has 41 heavy (non-hydrogen) atoms. The van der Waals surface area contributed by atoms with Gasteiger partial charge in [0.05, 0.1) is 11.5 Å². The maximum absolute atomic E-state index is 13.7. The van der Waals surface area contributed by atoms with Gasteiger partial charge in [-0.15, -0.1) is 0 Å². The van der Waals surface area contributed by atoms with Crippen molar-refractivity contribution in [1.29, 1.82) is 0 Å². The Hall–Kier alpha value is -4.12. The van der Waals surface area contributed by atoms with Crippen molar-refractivity contribution >= 4 is 32.5 Å². The van der Waals surface area contributed by atoms with Crippen LogP contribution < -0.4 is 15.9 Å². The molecule has 0 bridgehead atoms. The Labute approximate surface area is 241 Å². The Morgan fingerprint density at radius 1 is 0.854 bits per heavy atom. The zero-order valence-corrected chi connectivity index (χ0v) is 24.5. The number of benzene rings is 2. The number of aryl methyl sites for hydroxylation is 3. The summed E-state index contributed by atoms with van der Waals surface area (Å²) in [7, 11) is 0.543. The Bertz CT molecular complexity index is 2010. The molecule has 3 aromatic heterocycles. The number of pyridine rings is 2. The van der Waals surface area contributed by atoms with Gasteiger partial charge in [0.1, 0.15) is 23.0 Å². The van der Waals surface area contributed by atoms with Gasteiger partial charge in [-0.25, -0.2) is 12.4 Å². The molecule has 0 radical (unpaired) electrons. The van der Waals surface area contributed by atoms with E-state index in [2.05, 4.69) is 0 Å². The first-order chi connectivity index (χ1) is 19.5. The fraction of sp³-hybridized carbons (Fsp3) is 0.200. The van der Waals surface area contributed by atoms with Crippen molar-refractivity contribution in [2.75, 3.05) is 20.3 Å². The summed E-state index contributed by atoms with van der Waals surface area (Å²) in [5.41, 5.74) is 2.35. The molecule has 0 N–H and O–H groups in total. The molecule has 0 aliphatic heterocycles. The van der Waals surface area contributed by atoms with E-state index in [4.69, 9.17) is 21.1 Å². The normalized spacial score (nSPS) is 11.7. The molecule has 0 fully saturated rings. The summed E-state index contributed by atoms with van der Waals surface area (Å²) in [6.07, 6.45) is 3.28. The number of hydrogen-bond acceptors (Lipinski definition) is 6. The highest BCUT2D eigenvalue weighted by Crippen LogP contribution is 2.38. The van der Waals surface area contributed by atoms with Gasteiger partial charge >= 0.3 is 0 Å². The standard InChI is InChI=1S/C30H28ClN3O6S/c1-19-8-10-22(11-9-19)41(37,38)34-27(31)15-24-26(18-33(3)30(36)29(24)34)23-16-28(35)32(2)17-25(23)20-6-5-7-21(14-20)40-13-12-39-4/h5-11,14-18H,12-13H2,1-4H3. The van der Waals surface area contributed by atoms with Crippen LogP contribution in [0.25, 0.3) is 33.2 Å². The summed E-state index contributed by atoms with van der Waals surface area (Å²) in [4.78, 5) is 26.3. The van der Waals surface area contributed by atoms with Crippen molar-refractivity contribution in [2.24, 2.45) is 14.1 Å². The van der Waals surface area contributed by atoms with E-state index in [0.29, 0.717) is 41.0 Å². The van der Waals surface area contributed by atoms with E-state index in [9.17, 15) is 18.0 Å². The third-order valence-electron chi connectivity index (χ3n) is 6.83. The molecule has 0 aliphatic carbocycles. The number of ether oxygens (including phenoxy) is 2. The molecule has 9 nitrogen and oxygen atoms in total. The predicted octanol–water partition coefficient (Wildman–Crippen LogP) is 4.60. The van der Waals surface area contributed by atoms with Crippen molar-refractivity contribution < 1.29 is 17.9 Å². The maximum Gasteiger partial charge on any atom is 0.275 e. The zero-order valence-electron chi connectivity index (χ0n) is 22.9. The van der Waals surface area contributed by atoms with Crippen molar-refractivity contribution in [3.8, 4) is 28.0 Å². The monoisotopic (exact) mass is 593 g/mol. The van der Waals surface area contributed by atoms with Crippen LogP contribution in [0.2, 0.25) is 5.15 Å². The molecule has 0 saturated carbocycles. The molecule has 0 amide bonds. The van der Waals surface area contributed by atoms with Gasteiger partial charge in [-0.1, -0.05) is 41.4 Å². The molecule has 0 unspecified atom stereocenters. The molecular weight excluding hydrogens is 566 g/mol. The smallest absolute Gasteiger partial charge is 0.275 e. The van der Waals surface area contributed by atoms with E-state index < -0.39 is 15.6 Å². The Morgan fingerprint density at radius 3 is 2.27 bits per heavy atom. The van der Waals surface area contributed by atoms with E-state index in [0.717, 1.165) is 15.1 Å². The van der Waals surface area contributed by atoms with E-state index in [-0.39, 0.29) is 21.1 Å². The molecule has 0 spiro atoms. The SMILES string of the molecule is COCCOc1cccc(-c2cn(C)c(=O)cc2-c2cn(C)c(=O)c3c2cc(Cl)n3S(=O)(=O)c2ccc(C)cc2)c1. The fourth-order valence-corrected chi connectivity index (χ4v) is 6.56. The molecule has 212 valence electrons. The number of hydrogen-bond donors (Lipinski definition) is 0. The molecular formula is C30H28ClN3O6S. The van der Waals surface area contributed by atoms with E-state index in [1.54, 1.807) is 38.7 Å². The summed E-state index contributed by atoms with van der Waals surface area (Å²) in [6.45, 7) is 2.64. The quantitative estimate of drug-likeness (QED) is 0.244. The molecule has 0 saturated heterocycles. The van der Waals surface area contributed by atoms with Crippen LogP contribution in [0.15, 0.2) is 87.5 Å². The minimum Gasteiger partial charge on any atom is -0.491 e. The molecule has 0 aliphatic rings. The van der Waals surface area contributed by atoms with Gasteiger partial charge in [-0.3, -0.25) is 9.59 Å². The van der Waals surface area contributed by atoms with Gasteiger partial charge in [0.2, 0.25) is 0 Å². The second kappa shape index (κ2) is 11.0. The molecule has 5 aromatic rings. The number of aromatic nitrogens is 3. The fourth-order valence-electron chi connectivity index (χ4n) is 4.70. The van der Waals surface area contributed by atoms with Crippen LogP contribution in [0, 0.1) is 6.92 Å². The average Bonchev–Trinajstić information content (AvgIpc) is 3.30. The summed E-state index contributed by atoms with van der Waals surface area (Å²) < 4.78 is 42.0. The lowest BCUT2D eigenvalue weighted by molar-refractivity contribution is 0.146. The van der Waals surface area contributed by atoms with Gasteiger partial charge in [0, 0.05) is 56.2 Å². The van der Waals surface area contributed by atoms with Crippen molar-refractivity contribution in [3.63, 3.8) is 0 Å². The van der Waals surface area contributed by atoms with Crippen LogP contribution in [0.4, 0.5) is 0 Å². The largest absolute Gasteiger partial charge is 0.491 e. The highest BCUT2D eigenvalue weighted by atomic mass is 35.5. The summed E-state index contributed by atoms with van der Waals surface area (Å²) in [5, 5.41) is 0.153. The minimum atomic E-state index is -4.22. The third kappa shape index (κ3) is 5.21. The van der Waals surface area contributed by atoms with Gasteiger partial charge in [0.25, 0.3) is 21.1 Å². The second-order valence-corrected chi connectivity index (χ2v) is 11.9. The predicted molar refractivity (Wildman–Crippen MR) is 159 cm³/mol. The number of nitrogens with zero attached hydrogens (tertiary/aromatic N) is 3. The highest BCUT2D eigenvalue weighted by Gasteiger charge is 2.27. The van der Waals surface area contributed by atoms with Crippen LogP contribution in [-0.4, -0.2) is 41.8 Å². The van der Waals surface area contributed by atoms with Crippen LogP contribution in [0.5, 0.6) is 5.75 Å². The number of rotatable bonds is 8. The summed E-state index contributed by atoms with van der Waals surface area (Å²) >= 11 is 6.55. The van der Waals surface area contributed by atoms with Crippen LogP contribution in [0.3, 0.4) is 0 Å². The number of methoxy groups -OCH3 is 1. The first-order valence-corrected chi connectivity index (χ1v) is 14.5. The third-order valence-corrected chi connectivity index (χ3v) is 8.94. The van der Waals surface area contributed by atoms with Gasteiger partial charge < -0.3 is 18.6 Å². The van der Waals surface area contributed by atoms with Crippen molar-refractivity contribution in [1.82, 2.24) is 13.1 Å². The lowest BCUT2D eigenvalue weighted by Crippen LogP contribution is -2.23. The van der Waals surface area contributed by atoms with Crippen LogP contribution >= 0.6 is 11.6 Å². The van der Waals surface area contributed by atoms with E-state index in [1.807, 2.05) is 31.2 Å². The Balaban J connectivity index is 1.78. The Kier molecular flexibility index (Phi) is 7.65. The second-order valence-electron chi connectivity index (χ2n) is 9.69. The van der Waals surface area contributed by atoms with Crippen LogP contribution in [-0.2, 0) is 28.9 Å². The lowest BCUT2D eigenvalue weighted by Gasteiger charge is -2.15. The van der Waals surface area contributed by atoms with Gasteiger partial charge in [-0.05, 0) is 48.4 Å². The highest BCUT2D eigenvalue weighted by molar-refractivity contribution is 7.90. The molecule has 0 atom stereocenters. The van der Waals surface area contributed by atoms with E-state index in [1.165, 1.54) is 40.4 Å². The van der Waals surface area contributed by atoms with Crippen molar-refractivity contribution in [2.45, 2.75) is 11.8 Å². The minimum absolute atomic E-state index is 0.00508. The number of fused-ring (bicyclic) bond motifs is 1. The first kappa shape index (κ1) is 28.4. The summed E-state index contributed by atoms with van der Waals surface area (Å²) in [6, 6.07) is 16.6. The number of halogens is 1. The lowest BCUT2D eigenvalue weighted by atomic mass is 9.95. The Morgan fingerprint density at radius 2 is 1.56 bits per heavy atom. The molecule has 11 heteroatoms. The van der Waals surface area contributed by atoms with Crippen LogP contribution in [0.1, 0.15) is 5.56 Å². The van der Waals surface area contributed by atoms with Crippen molar-refractivity contribution in [3.05, 3.63) is 104 Å². The molecule has 5 rings (SSSR count). The topological polar surface area (TPSA) is 102 Å². The summed E-state index contributed by atoms with van der Waals surface area (Å²) in [5.74, 6) is 0.614. The average molecular weight is 594 g/mol.